The molecule has 2 aliphatic heterocycles. The Morgan fingerprint density at radius 3 is 2.31 bits per heavy atom. The summed E-state index contributed by atoms with van der Waals surface area (Å²) in [5.74, 6) is 1.10. The maximum Gasteiger partial charge on any atom is 0.289 e. The Morgan fingerprint density at radius 1 is 1.08 bits per heavy atom. The van der Waals surface area contributed by atoms with Crippen molar-refractivity contribution in [3.05, 3.63) is 24.2 Å². The van der Waals surface area contributed by atoms with Crippen molar-refractivity contribution in [2.24, 2.45) is 4.99 Å². The second kappa shape index (κ2) is 9.79. The predicted octanol–water partition coefficient (Wildman–Crippen LogP) is 0.853. The molecule has 0 bridgehead atoms. The zero-order valence-corrected chi connectivity index (χ0v) is 17.3. The number of piperazine rings is 1. The van der Waals surface area contributed by atoms with Crippen molar-refractivity contribution in [2.75, 3.05) is 52.9 Å². The second-order valence-electron chi connectivity index (χ2n) is 6.25. The van der Waals surface area contributed by atoms with Crippen molar-refractivity contribution < 1.29 is 14.0 Å². The van der Waals surface area contributed by atoms with Crippen LogP contribution in [0.3, 0.4) is 0 Å². The maximum atomic E-state index is 12.3. The molecule has 144 valence electrons. The van der Waals surface area contributed by atoms with E-state index in [-0.39, 0.29) is 42.3 Å². The Labute approximate surface area is 170 Å². The molecule has 8 nitrogen and oxygen atoms in total. The molecule has 2 aliphatic rings. The van der Waals surface area contributed by atoms with Gasteiger partial charge in [0.15, 0.2) is 11.7 Å². The Morgan fingerprint density at radius 2 is 1.73 bits per heavy atom. The van der Waals surface area contributed by atoms with E-state index >= 15 is 0 Å². The fourth-order valence-electron chi connectivity index (χ4n) is 3.24. The van der Waals surface area contributed by atoms with Gasteiger partial charge in [-0.1, -0.05) is 0 Å². The minimum absolute atomic E-state index is 0. The molecule has 2 fully saturated rings. The summed E-state index contributed by atoms with van der Waals surface area (Å²) in [6.45, 7) is 4.51. The number of furan rings is 1. The number of nitrogens with zero attached hydrogens (tertiary/aromatic N) is 4. The fourth-order valence-corrected chi connectivity index (χ4v) is 3.24. The Balaban J connectivity index is 0.00000243. The standard InChI is InChI=1S/C17H25N5O3.HI/c1-18-17(19-13-15(23)20-6-2-3-7-20)22-10-8-21(9-11-22)16(24)14-5-4-12-25-14;/h4-5,12H,2-3,6-11,13H2,1H3,(H,18,19);1H. The summed E-state index contributed by atoms with van der Waals surface area (Å²) in [7, 11) is 1.71. The Kier molecular flexibility index (Phi) is 7.73. The third-order valence-corrected chi connectivity index (χ3v) is 4.67. The van der Waals surface area contributed by atoms with Crippen LogP contribution in [0.15, 0.2) is 27.8 Å². The van der Waals surface area contributed by atoms with Gasteiger partial charge < -0.3 is 24.4 Å². The second-order valence-corrected chi connectivity index (χ2v) is 6.25. The van der Waals surface area contributed by atoms with Crippen LogP contribution in [0, 0.1) is 0 Å². The molecule has 0 spiro atoms. The van der Waals surface area contributed by atoms with E-state index in [1.54, 1.807) is 24.1 Å². The molecule has 1 aromatic heterocycles. The molecular formula is C17H26IN5O3. The van der Waals surface area contributed by atoms with Crippen LogP contribution in [0.1, 0.15) is 23.4 Å². The van der Waals surface area contributed by atoms with Gasteiger partial charge in [0.2, 0.25) is 5.91 Å². The van der Waals surface area contributed by atoms with Gasteiger partial charge >= 0.3 is 0 Å². The summed E-state index contributed by atoms with van der Waals surface area (Å²) in [6, 6.07) is 3.39. The highest BCUT2D eigenvalue weighted by Gasteiger charge is 2.25. The van der Waals surface area contributed by atoms with Crippen LogP contribution in [0.4, 0.5) is 0 Å². The molecule has 0 saturated carbocycles. The molecule has 1 N–H and O–H groups in total. The molecule has 9 heteroatoms. The van der Waals surface area contributed by atoms with Gasteiger partial charge in [0.25, 0.3) is 5.91 Å². The van der Waals surface area contributed by atoms with Gasteiger partial charge in [-0.05, 0) is 25.0 Å². The van der Waals surface area contributed by atoms with Gasteiger partial charge in [0.1, 0.15) is 0 Å². The van der Waals surface area contributed by atoms with Crippen LogP contribution < -0.4 is 5.32 Å². The van der Waals surface area contributed by atoms with Gasteiger partial charge in [-0.15, -0.1) is 24.0 Å². The lowest BCUT2D eigenvalue weighted by Crippen LogP contribution is -2.54. The Bertz CT molecular complexity index is 620. The van der Waals surface area contributed by atoms with Crippen LogP contribution in [-0.2, 0) is 4.79 Å². The van der Waals surface area contributed by atoms with Crippen LogP contribution in [0.2, 0.25) is 0 Å². The van der Waals surface area contributed by atoms with E-state index in [0.29, 0.717) is 37.9 Å². The first-order valence-electron chi connectivity index (χ1n) is 8.75. The minimum atomic E-state index is -0.0863. The highest BCUT2D eigenvalue weighted by Crippen LogP contribution is 2.10. The van der Waals surface area contributed by atoms with Crippen LogP contribution in [0.5, 0.6) is 0 Å². The Hall–Kier alpha value is -1.78. The molecule has 2 amide bonds. The van der Waals surface area contributed by atoms with Crippen molar-refractivity contribution in [1.82, 2.24) is 20.0 Å². The molecule has 26 heavy (non-hydrogen) atoms. The summed E-state index contributed by atoms with van der Waals surface area (Å²) in [6.07, 6.45) is 3.69. The van der Waals surface area contributed by atoms with Crippen molar-refractivity contribution >= 4 is 41.8 Å². The van der Waals surface area contributed by atoms with Gasteiger partial charge in [0.05, 0.1) is 12.8 Å². The van der Waals surface area contributed by atoms with E-state index in [4.69, 9.17) is 4.42 Å². The summed E-state index contributed by atoms with van der Waals surface area (Å²) in [4.78, 5) is 34.4. The predicted molar refractivity (Wildman–Crippen MR) is 109 cm³/mol. The fraction of sp³-hybridized carbons (Fsp3) is 0.588. The van der Waals surface area contributed by atoms with E-state index in [1.807, 2.05) is 4.90 Å². The zero-order valence-electron chi connectivity index (χ0n) is 15.0. The summed E-state index contributed by atoms with van der Waals surface area (Å²) < 4.78 is 5.17. The molecule has 3 heterocycles. The lowest BCUT2D eigenvalue weighted by Gasteiger charge is -2.36. The maximum absolute atomic E-state index is 12.3. The number of hydrogen-bond donors (Lipinski definition) is 1. The van der Waals surface area contributed by atoms with Gasteiger partial charge in [-0.2, -0.15) is 0 Å². The first-order chi connectivity index (χ1) is 12.2. The highest BCUT2D eigenvalue weighted by molar-refractivity contribution is 14.0. The first-order valence-corrected chi connectivity index (χ1v) is 8.75. The average Bonchev–Trinajstić information content (AvgIpc) is 3.35. The van der Waals surface area contributed by atoms with Gasteiger partial charge in [-0.25, -0.2) is 0 Å². The number of carbonyl (C=O) groups is 2. The van der Waals surface area contributed by atoms with Crippen LogP contribution in [0.25, 0.3) is 0 Å². The van der Waals surface area contributed by atoms with Crippen LogP contribution >= 0.6 is 24.0 Å². The normalized spacial score (nSPS) is 17.9. The van der Waals surface area contributed by atoms with Gasteiger partial charge in [-0.3, -0.25) is 14.6 Å². The molecule has 1 aromatic rings. The number of aliphatic imine (C=N–C) groups is 1. The van der Waals surface area contributed by atoms with Crippen molar-refractivity contribution in [1.29, 1.82) is 0 Å². The van der Waals surface area contributed by atoms with E-state index in [1.165, 1.54) is 6.26 Å². The molecule has 3 rings (SSSR count). The van der Waals surface area contributed by atoms with E-state index in [9.17, 15) is 9.59 Å². The van der Waals surface area contributed by atoms with E-state index < -0.39 is 0 Å². The summed E-state index contributed by atoms with van der Waals surface area (Å²) >= 11 is 0. The number of hydrogen-bond acceptors (Lipinski definition) is 4. The molecule has 0 aliphatic carbocycles. The van der Waals surface area contributed by atoms with Crippen molar-refractivity contribution in [3.8, 4) is 0 Å². The highest BCUT2D eigenvalue weighted by atomic mass is 127. The van der Waals surface area contributed by atoms with Gasteiger partial charge in [0, 0.05) is 46.3 Å². The topological polar surface area (TPSA) is 81.4 Å². The number of halogens is 1. The number of rotatable bonds is 3. The average molecular weight is 475 g/mol. The summed E-state index contributed by atoms with van der Waals surface area (Å²) in [5, 5.41) is 3.15. The smallest absolute Gasteiger partial charge is 0.289 e. The number of nitrogens with one attached hydrogen (secondary N) is 1. The molecule has 0 radical (unpaired) electrons. The lowest BCUT2D eigenvalue weighted by molar-refractivity contribution is -0.128. The minimum Gasteiger partial charge on any atom is -0.459 e. The number of guanidine groups is 1. The number of amides is 2. The molecule has 0 unspecified atom stereocenters. The third-order valence-electron chi connectivity index (χ3n) is 4.67. The van der Waals surface area contributed by atoms with E-state index in [0.717, 1.165) is 25.9 Å². The number of carbonyl (C=O) groups excluding carboxylic acids is 2. The summed E-state index contributed by atoms with van der Waals surface area (Å²) in [5.41, 5.74) is 0. The molecule has 0 atom stereocenters. The zero-order chi connectivity index (χ0) is 17.6. The molecule has 2 saturated heterocycles. The first kappa shape index (κ1) is 20.5. The SMILES string of the molecule is CN=C(NCC(=O)N1CCCC1)N1CCN(C(=O)c2ccco2)CC1.I. The quantitative estimate of drug-likeness (QED) is 0.399. The third kappa shape index (κ3) is 4.89. The number of likely N-dealkylation sites (tertiary alicyclic amines) is 1. The molecular weight excluding hydrogens is 449 g/mol. The van der Waals surface area contributed by atoms with E-state index in [2.05, 4.69) is 15.2 Å². The molecule has 0 aromatic carbocycles. The monoisotopic (exact) mass is 475 g/mol. The lowest BCUT2D eigenvalue weighted by atomic mass is 10.3. The van der Waals surface area contributed by atoms with Crippen molar-refractivity contribution in [3.63, 3.8) is 0 Å². The van der Waals surface area contributed by atoms with Crippen LogP contribution in [-0.4, -0.2) is 85.3 Å². The largest absolute Gasteiger partial charge is 0.459 e. The van der Waals surface area contributed by atoms with Crippen molar-refractivity contribution in [2.45, 2.75) is 12.8 Å².